The number of nitrogens with one attached hydrogen (secondary N) is 1. The van der Waals surface area contributed by atoms with E-state index in [0.717, 1.165) is 11.4 Å². The summed E-state index contributed by atoms with van der Waals surface area (Å²) >= 11 is 0. The molecule has 0 heterocycles. The maximum absolute atomic E-state index is 5.94. The van der Waals surface area contributed by atoms with Crippen molar-refractivity contribution in [2.24, 2.45) is 10.7 Å². The van der Waals surface area contributed by atoms with Crippen LogP contribution in [-0.2, 0) is 19.4 Å². The first-order valence-corrected chi connectivity index (χ1v) is 7.56. The molecule has 0 atom stereocenters. The van der Waals surface area contributed by atoms with Gasteiger partial charge in [-0.2, -0.15) is 0 Å². The van der Waals surface area contributed by atoms with Crippen molar-refractivity contribution in [1.29, 1.82) is 0 Å². The van der Waals surface area contributed by atoms with E-state index in [1.54, 1.807) is 7.11 Å². The molecule has 1 aliphatic carbocycles. The van der Waals surface area contributed by atoms with Crippen LogP contribution in [0.15, 0.2) is 47.5 Å². The van der Waals surface area contributed by atoms with Crippen molar-refractivity contribution in [3.63, 3.8) is 0 Å². The fourth-order valence-electron chi connectivity index (χ4n) is 2.76. The summed E-state index contributed by atoms with van der Waals surface area (Å²) in [4.78, 5) is 4.41. The number of nitrogens with zero attached hydrogens (tertiary/aromatic N) is 1. The van der Waals surface area contributed by atoms with Crippen LogP contribution in [0.5, 0.6) is 5.75 Å². The largest absolute Gasteiger partial charge is 0.497 e. The molecule has 5 heteroatoms. The number of anilines is 1. The number of ether oxygens (including phenoxy) is 1. The summed E-state index contributed by atoms with van der Waals surface area (Å²) < 4.78 is 5.13. The molecule has 0 aliphatic heterocycles. The van der Waals surface area contributed by atoms with Crippen LogP contribution in [0.1, 0.15) is 23.1 Å². The highest BCUT2D eigenvalue weighted by Crippen LogP contribution is 2.23. The Labute approximate surface area is 154 Å². The number of nitrogens with two attached hydrogens (primary N) is 1. The normalized spacial score (nSPS) is 13.2. The van der Waals surface area contributed by atoms with Crippen LogP contribution in [0.3, 0.4) is 0 Å². The number of fused-ring (bicyclic) bond motifs is 1. The second-order valence-corrected chi connectivity index (χ2v) is 5.51. The predicted octanol–water partition coefficient (Wildman–Crippen LogP) is 3.73. The van der Waals surface area contributed by atoms with Gasteiger partial charge in [0.25, 0.3) is 0 Å². The van der Waals surface area contributed by atoms with Crippen LogP contribution in [0.25, 0.3) is 0 Å². The van der Waals surface area contributed by atoms with E-state index in [2.05, 4.69) is 28.5 Å². The van der Waals surface area contributed by atoms with Gasteiger partial charge in [0, 0.05) is 5.69 Å². The van der Waals surface area contributed by atoms with Gasteiger partial charge in [-0.25, -0.2) is 4.99 Å². The standard InChI is InChI=1S/C18H21N3O.HI/c1-22-17-9-7-16(8-10-17)21-18(19)20-12-13-5-6-14-3-2-4-15(14)11-13;/h5-11H,2-4,12H2,1H3,(H3,19,20,21);1H. The molecule has 0 amide bonds. The van der Waals surface area contributed by atoms with Crippen molar-refractivity contribution in [2.45, 2.75) is 25.8 Å². The fourth-order valence-corrected chi connectivity index (χ4v) is 2.76. The highest BCUT2D eigenvalue weighted by molar-refractivity contribution is 14.0. The first-order chi connectivity index (χ1) is 10.7. The molecule has 122 valence electrons. The number of methoxy groups -OCH3 is 1. The number of benzene rings is 2. The molecule has 3 rings (SSSR count). The number of aliphatic imine (C=N–C) groups is 1. The topological polar surface area (TPSA) is 59.6 Å². The van der Waals surface area contributed by atoms with Gasteiger partial charge in [-0.05, 0) is 60.2 Å². The summed E-state index contributed by atoms with van der Waals surface area (Å²) in [6, 6.07) is 14.2. The molecule has 4 nitrogen and oxygen atoms in total. The average molecular weight is 423 g/mol. The van der Waals surface area contributed by atoms with Crippen LogP contribution in [0.4, 0.5) is 5.69 Å². The molecule has 3 N–H and O–H groups in total. The Balaban J connectivity index is 0.00000192. The maximum atomic E-state index is 5.94. The van der Waals surface area contributed by atoms with E-state index in [-0.39, 0.29) is 24.0 Å². The Morgan fingerprint density at radius 3 is 2.61 bits per heavy atom. The molecule has 0 saturated heterocycles. The lowest BCUT2D eigenvalue weighted by Crippen LogP contribution is -2.22. The van der Waals surface area contributed by atoms with Gasteiger partial charge in [0.15, 0.2) is 5.96 Å². The van der Waals surface area contributed by atoms with Gasteiger partial charge in [0.2, 0.25) is 0 Å². The molecule has 0 spiro atoms. The fraction of sp³-hybridized carbons (Fsp3) is 0.278. The monoisotopic (exact) mass is 423 g/mol. The second kappa shape index (κ2) is 8.19. The minimum absolute atomic E-state index is 0. The Kier molecular flexibility index (Phi) is 6.27. The third kappa shape index (κ3) is 4.60. The summed E-state index contributed by atoms with van der Waals surface area (Å²) in [6.07, 6.45) is 3.66. The second-order valence-electron chi connectivity index (χ2n) is 5.51. The minimum Gasteiger partial charge on any atom is -0.497 e. The van der Waals surface area contributed by atoms with E-state index in [1.807, 2.05) is 24.3 Å². The van der Waals surface area contributed by atoms with Crippen LogP contribution in [-0.4, -0.2) is 13.1 Å². The number of guanidine groups is 1. The van der Waals surface area contributed by atoms with Crippen molar-refractivity contribution in [1.82, 2.24) is 0 Å². The molecule has 1 aliphatic rings. The van der Waals surface area contributed by atoms with Gasteiger partial charge in [-0.1, -0.05) is 18.2 Å². The molecule has 0 unspecified atom stereocenters. The third-order valence-corrected chi connectivity index (χ3v) is 3.96. The molecular weight excluding hydrogens is 401 g/mol. The molecule has 0 radical (unpaired) electrons. The Morgan fingerprint density at radius 2 is 1.87 bits per heavy atom. The van der Waals surface area contributed by atoms with E-state index in [0.29, 0.717) is 12.5 Å². The van der Waals surface area contributed by atoms with Gasteiger partial charge in [-0.3, -0.25) is 0 Å². The Bertz CT molecular complexity index is 683. The minimum atomic E-state index is 0. The molecule has 0 fully saturated rings. The molecule has 23 heavy (non-hydrogen) atoms. The van der Waals surface area contributed by atoms with E-state index in [9.17, 15) is 0 Å². The SMILES string of the molecule is COc1ccc(NC(N)=NCc2ccc3c(c2)CCC3)cc1.I. The van der Waals surface area contributed by atoms with Gasteiger partial charge >= 0.3 is 0 Å². The lowest BCUT2D eigenvalue weighted by molar-refractivity contribution is 0.415. The lowest BCUT2D eigenvalue weighted by atomic mass is 10.1. The first kappa shape index (κ1) is 17.6. The first-order valence-electron chi connectivity index (χ1n) is 7.56. The van der Waals surface area contributed by atoms with Crippen LogP contribution < -0.4 is 15.8 Å². The van der Waals surface area contributed by atoms with E-state index in [1.165, 1.54) is 36.0 Å². The summed E-state index contributed by atoms with van der Waals surface area (Å²) in [5.74, 6) is 1.24. The van der Waals surface area contributed by atoms with Gasteiger partial charge in [0.1, 0.15) is 5.75 Å². The molecule has 0 aromatic heterocycles. The van der Waals surface area contributed by atoms with Crippen LogP contribution >= 0.6 is 24.0 Å². The number of hydrogen-bond donors (Lipinski definition) is 2. The van der Waals surface area contributed by atoms with Crippen molar-refractivity contribution in [2.75, 3.05) is 12.4 Å². The molecule has 2 aromatic rings. The lowest BCUT2D eigenvalue weighted by Gasteiger charge is -2.07. The summed E-state index contributed by atoms with van der Waals surface area (Å²) in [5.41, 5.74) is 11.0. The third-order valence-electron chi connectivity index (χ3n) is 3.96. The zero-order valence-electron chi connectivity index (χ0n) is 13.2. The van der Waals surface area contributed by atoms with Crippen molar-refractivity contribution in [3.8, 4) is 5.75 Å². The number of hydrogen-bond acceptors (Lipinski definition) is 2. The number of aryl methyl sites for hydroxylation is 2. The predicted molar refractivity (Wildman–Crippen MR) is 106 cm³/mol. The van der Waals surface area contributed by atoms with Gasteiger partial charge in [0.05, 0.1) is 13.7 Å². The quantitative estimate of drug-likeness (QED) is 0.448. The van der Waals surface area contributed by atoms with E-state index in [4.69, 9.17) is 10.5 Å². The van der Waals surface area contributed by atoms with E-state index >= 15 is 0 Å². The van der Waals surface area contributed by atoms with Crippen molar-refractivity contribution >= 4 is 35.6 Å². The van der Waals surface area contributed by atoms with Gasteiger partial charge in [-0.15, -0.1) is 24.0 Å². The van der Waals surface area contributed by atoms with Gasteiger partial charge < -0.3 is 15.8 Å². The average Bonchev–Trinajstić information content (AvgIpc) is 3.01. The zero-order chi connectivity index (χ0) is 15.4. The summed E-state index contributed by atoms with van der Waals surface area (Å²) in [5, 5.41) is 3.09. The zero-order valence-corrected chi connectivity index (χ0v) is 15.5. The van der Waals surface area contributed by atoms with Crippen molar-refractivity contribution < 1.29 is 4.74 Å². The maximum Gasteiger partial charge on any atom is 0.193 e. The van der Waals surface area contributed by atoms with E-state index < -0.39 is 0 Å². The summed E-state index contributed by atoms with van der Waals surface area (Å²) in [6.45, 7) is 0.599. The van der Waals surface area contributed by atoms with Crippen LogP contribution in [0.2, 0.25) is 0 Å². The van der Waals surface area contributed by atoms with Crippen LogP contribution in [0, 0.1) is 0 Å². The highest BCUT2D eigenvalue weighted by Gasteiger charge is 2.10. The molecule has 0 bridgehead atoms. The van der Waals surface area contributed by atoms with Crippen molar-refractivity contribution in [3.05, 3.63) is 59.2 Å². The smallest absolute Gasteiger partial charge is 0.193 e. The Morgan fingerprint density at radius 1 is 1.13 bits per heavy atom. The summed E-state index contributed by atoms with van der Waals surface area (Å²) in [7, 11) is 1.65. The molecule has 0 saturated carbocycles. The number of rotatable bonds is 4. The Hall–Kier alpha value is -1.76. The number of halogens is 1. The molecule has 2 aromatic carbocycles. The highest BCUT2D eigenvalue weighted by atomic mass is 127. The molecular formula is C18H22IN3O.